The Balaban J connectivity index is 0.984. The van der Waals surface area contributed by atoms with Gasteiger partial charge in [-0.2, -0.15) is 0 Å². The summed E-state index contributed by atoms with van der Waals surface area (Å²) in [6, 6.07) is 68.8. The third-order valence-corrected chi connectivity index (χ3v) is 11.3. The maximum atomic E-state index is 2.38. The topological polar surface area (TPSA) is 3.24 Å². The van der Waals surface area contributed by atoms with Crippen LogP contribution in [0.4, 0.5) is 17.1 Å². The van der Waals surface area contributed by atoms with Gasteiger partial charge in [0.15, 0.2) is 0 Å². The maximum absolute atomic E-state index is 2.38. The van der Waals surface area contributed by atoms with E-state index >= 15 is 0 Å². The second-order valence-electron chi connectivity index (χ2n) is 14.6. The smallest absolute Gasteiger partial charge is 0.0462 e. The van der Waals surface area contributed by atoms with E-state index in [9.17, 15) is 0 Å². The summed E-state index contributed by atoms with van der Waals surface area (Å²) in [6.45, 7) is 0. The van der Waals surface area contributed by atoms with Crippen molar-refractivity contribution in [2.75, 3.05) is 4.90 Å². The predicted octanol–water partition coefficient (Wildman–Crippen LogP) is 15.1. The number of rotatable bonds is 7. The molecule has 0 saturated carbocycles. The predicted molar refractivity (Wildman–Crippen MR) is 236 cm³/mol. The third kappa shape index (κ3) is 5.40. The molecule has 2 aliphatic rings. The van der Waals surface area contributed by atoms with Crippen LogP contribution in [0.2, 0.25) is 0 Å². The maximum Gasteiger partial charge on any atom is 0.0462 e. The molecule has 9 aromatic carbocycles. The average molecular weight is 698 g/mol. The SMILES string of the molecule is C1=Cc2cc(-c3ccc(N(c4ccc(-c5ccccc5)cc4)c4ccc(-c5cc6c7c(ccc(-c8ccccc8)c7c5)C=C6)cc4)cc3)cc3cccc1c23. The van der Waals surface area contributed by atoms with Gasteiger partial charge in [-0.25, -0.2) is 0 Å². The minimum atomic E-state index is 1.11. The molecule has 0 unspecified atom stereocenters. The molecule has 11 rings (SSSR count). The first kappa shape index (κ1) is 31.3. The molecular formula is C54H35N. The molecule has 0 heterocycles. The molecular weight excluding hydrogens is 663 g/mol. The first-order valence-corrected chi connectivity index (χ1v) is 19.0. The Bertz CT molecular complexity index is 2970. The molecule has 0 aliphatic heterocycles. The molecule has 0 aromatic heterocycles. The van der Waals surface area contributed by atoms with Crippen LogP contribution in [0.3, 0.4) is 0 Å². The van der Waals surface area contributed by atoms with Gasteiger partial charge in [-0.15, -0.1) is 0 Å². The van der Waals surface area contributed by atoms with Crippen LogP contribution in [-0.2, 0) is 0 Å². The zero-order chi connectivity index (χ0) is 36.3. The van der Waals surface area contributed by atoms with Crippen LogP contribution >= 0.6 is 0 Å². The van der Waals surface area contributed by atoms with E-state index in [1.807, 2.05) is 0 Å². The molecule has 0 amide bonds. The molecule has 256 valence electrons. The lowest BCUT2D eigenvalue weighted by Crippen LogP contribution is -2.09. The molecule has 2 aliphatic carbocycles. The van der Waals surface area contributed by atoms with Crippen molar-refractivity contribution in [1.82, 2.24) is 0 Å². The van der Waals surface area contributed by atoms with Crippen LogP contribution in [0.1, 0.15) is 22.3 Å². The highest BCUT2D eigenvalue weighted by atomic mass is 15.1. The van der Waals surface area contributed by atoms with Gasteiger partial charge in [0.05, 0.1) is 0 Å². The fourth-order valence-electron chi connectivity index (χ4n) is 8.63. The zero-order valence-corrected chi connectivity index (χ0v) is 30.2. The van der Waals surface area contributed by atoms with Gasteiger partial charge >= 0.3 is 0 Å². The van der Waals surface area contributed by atoms with E-state index in [0.717, 1.165) is 17.1 Å². The molecule has 0 radical (unpaired) electrons. The monoisotopic (exact) mass is 697 g/mol. The summed E-state index contributed by atoms with van der Waals surface area (Å²) in [5, 5.41) is 5.26. The highest BCUT2D eigenvalue weighted by Crippen LogP contribution is 2.43. The fraction of sp³-hybridized carbons (Fsp3) is 0. The van der Waals surface area contributed by atoms with Crippen LogP contribution in [0.5, 0.6) is 0 Å². The van der Waals surface area contributed by atoms with Crippen molar-refractivity contribution in [2.24, 2.45) is 0 Å². The molecule has 9 aromatic rings. The number of nitrogens with zero attached hydrogens (tertiary/aromatic N) is 1. The van der Waals surface area contributed by atoms with Gasteiger partial charge < -0.3 is 4.90 Å². The van der Waals surface area contributed by atoms with Gasteiger partial charge in [-0.3, -0.25) is 0 Å². The summed E-state index contributed by atoms with van der Waals surface area (Å²) in [7, 11) is 0. The van der Waals surface area contributed by atoms with Gasteiger partial charge in [0.2, 0.25) is 0 Å². The van der Waals surface area contributed by atoms with Crippen LogP contribution < -0.4 is 4.90 Å². The second kappa shape index (κ2) is 12.7. The first-order chi connectivity index (χ1) is 27.2. The molecule has 1 heteroatoms. The number of hydrogen-bond acceptors (Lipinski definition) is 1. The van der Waals surface area contributed by atoms with E-state index in [4.69, 9.17) is 0 Å². The van der Waals surface area contributed by atoms with Crippen molar-refractivity contribution in [3.63, 3.8) is 0 Å². The van der Waals surface area contributed by atoms with Gasteiger partial charge in [0, 0.05) is 17.1 Å². The van der Waals surface area contributed by atoms with Crippen molar-refractivity contribution >= 4 is 62.9 Å². The summed E-state index contributed by atoms with van der Waals surface area (Å²) in [5.74, 6) is 0. The summed E-state index contributed by atoms with van der Waals surface area (Å²) < 4.78 is 0. The number of hydrogen-bond donors (Lipinski definition) is 0. The normalized spacial score (nSPS) is 12.2. The molecule has 0 atom stereocenters. The minimum absolute atomic E-state index is 1.11. The Morgan fingerprint density at radius 1 is 0.273 bits per heavy atom. The van der Waals surface area contributed by atoms with Crippen molar-refractivity contribution in [2.45, 2.75) is 0 Å². The number of benzene rings is 9. The number of anilines is 3. The Morgan fingerprint density at radius 3 is 1.35 bits per heavy atom. The molecule has 0 saturated heterocycles. The molecule has 55 heavy (non-hydrogen) atoms. The zero-order valence-electron chi connectivity index (χ0n) is 30.2. The standard InChI is InChI=1S/C54H35N/c1-3-8-36(9-4-1)37-18-25-48(26-19-37)55(49-27-20-38(21-28-49)46-32-43-13-7-12-41-14-16-44(33-46)53(41)43)50-29-22-39(23-30-50)47-34-45-17-15-42-24-31-51(52(35-47)54(42)45)40-10-5-2-6-11-40/h1-35H. The van der Waals surface area contributed by atoms with Crippen LogP contribution in [0.15, 0.2) is 188 Å². The summed E-state index contributed by atoms with van der Waals surface area (Å²) in [6.07, 6.45) is 8.96. The van der Waals surface area contributed by atoms with Gasteiger partial charge in [-0.1, -0.05) is 152 Å². The molecule has 0 N–H and O–H groups in total. The Hall–Kier alpha value is -7.22. The van der Waals surface area contributed by atoms with Crippen LogP contribution in [-0.4, -0.2) is 0 Å². The van der Waals surface area contributed by atoms with Crippen molar-refractivity contribution < 1.29 is 0 Å². The lowest BCUT2D eigenvalue weighted by atomic mass is 9.91. The Labute approximate surface area is 321 Å². The van der Waals surface area contributed by atoms with Crippen LogP contribution in [0.25, 0.3) is 90.4 Å². The second-order valence-corrected chi connectivity index (χ2v) is 14.6. The summed E-state index contributed by atoms with van der Waals surface area (Å²) in [4.78, 5) is 2.36. The largest absolute Gasteiger partial charge is 0.311 e. The van der Waals surface area contributed by atoms with Crippen molar-refractivity contribution in [1.29, 1.82) is 0 Å². The highest BCUT2D eigenvalue weighted by molar-refractivity contribution is 6.12. The minimum Gasteiger partial charge on any atom is -0.311 e. The highest BCUT2D eigenvalue weighted by Gasteiger charge is 2.18. The fourth-order valence-corrected chi connectivity index (χ4v) is 8.63. The van der Waals surface area contributed by atoms with Gasteiger partial charge in [-0.05, 0) is 149 Å². The average Bonchev–Trinajstić information content (AvgIpc) is 3.88. The van der Waals surface area contributed by atoms with Gasteiger partial charge in [0.1, 0.15) is 0 Å². The third-order valence-electron chi connectivity index (χ3n) is 11.3. The quantitative estimate of drug-likeness (QED) is 0.160. The Kier molecular flexibility index (Phi) is 7.25. The van der Waals surface area contributed by atoms with E-state index in [-0.39, 0.29) is 0 Å². The lowest BCUT2D eigenvalue weighted by molar-refractivity contribution is 1.28. The lowest BCUT2D eigenvalue weighted by Gasteiger charge is -2.26. The van der Waals surface area contributed by atoms with Crippen LogP contribution in [0, 0.1) is 0 Å². The van der Waals surface area contributed by atoms with E-state index < -0.39 is 0 Å². The van der Waals surface area contributed by atoms with Crippen molar-refractivity contribution in [3.05, 3.63) is 210 Å². The van der Waals surface area contributed by atoms with E-state index in [1.54, 1.807) is 0 Å². The Morgan fingerprint density at radius 2 is 0.745 bits per heavy atom. The van der Waals surface area contributed by atoms with E-state index in [1.165, 1.54) is 88.3 Å². The summed E-state index contributed by atoms with van der Waals surface area (Å²) >= 11 is 0. The van der Waals surface area contributed by atoms with E-state index in [2.05, 4.69) is 217 Å². The van der Waals surface area contributed by atoms with Gasteiger partial charge in [0.25, 0.3) is 0 Å². The molecule has 0 bridgehead atoms. The van der Waals surface area contributed by atoms with Crippen molar-refractivity contribution in [3.8, 4) is 44.5 Å². The molecule has 1 nitrogen and oxygen atoms in total. The molecule has 0 fully saturated rings. The summed E-state index contributed by atoms with van der Waals surface area (Å²) in [5.41, 5.74) is 18.3. The van der Waals surface area contributed by atoms with E-state index in [0.29, 0.717) is 0 Å². The molecule has 0 spiro atoms. The first-order valence-electron chi connectivity index (χ1n) is 19.0.